The van der Waals surface area contributed by atoms with Crippen LogP contribution < -0.4 is 27.4 Å². The summed E-state index contributed by atoms with van der Waals surface area (Å²) in [6.07, 6.45) is 0.563. The van der Waals surface area contributed by atoms with Gasteiger partial charge in [0, 0.05) is 13.1 Å². The summed E-state index contributed by atoms with van der Waals surface area (Å²) in [7, 11) is 0. The monoisotopic (exact) mass is 475 g/mol. The van der Waals surface area contributed by atoms with E-state index in [0.717, 1.165) is 5.56 Å². The average Bonchev–Trinajstić information content (AvgIpc) is 3.04. The van der Waals surface area contributed by atoms with Gasteiger partial charge >= 0.3 is 12.0 Å². The van der Waals surface area contributed by atoms with Crippen molar-refractivity contribution in [1.29, 1.82) is 0 Å². The minimum Gasteiger partial charge on any atom is -0.481 e. The van der Waals surface area contributed by atoms with Crippen LogP contribution in [-0.2, 0) is 25.6 Å². The number of guanidine groups is 1. The van der Waals surface area contributed by atoms with Crippen LogP contribution in [0, 0.1) is 0 Å². The van der Waals surface area contributed by atoms with Crippen LogP contribution in [0.4, 0.5) is 4.79 Å². The number of rotatable bonds is 13. The number of hydrogen-bond donors (Lipinski definition) is 6. The molecular weight excluding hydrogens is 446 g/mol. The van der Waals surface area contributed by atoms with E-state index in [2.05, 4.69) is 20.9 Å². The fourth-order valence-electron chi connectivity index (χ4n) is 3.29. The Morgan fingerprint density at radius 3 is 2.53 bits per heavy atom. The fraction of sp³-hybridized carbons (Fsp3) is 0.429. The number of amides is 5. The Kier molecular flexibility index (Phi) is 9.80. The molecule has 0 spiro atoms. The van der Waals surface area contributed by atoms with E-state index in [1.165, 1.54) is 0 Å². The molecule has 0 radical (unpaired) electrons. The molecule has 0 saturated carbocycles. The Morgan fingerprint density at radius 2 is 1.88 bits per heavy atom. The molecule has 1 aliphatic rings. The van der Waals surface area contributed by atoms with Gasteiger partial charge in [-0.15, -0.1) is 0 Å². The molecule has 0 bridgehead atoms. The second-order valence-electron chi connectivity index (χ2n) is 7.62. The van der Waals surface area contributed by atoms with Crippen LogP contribution in [0.3, 0.4) is 0 Å². The summed E-state index contributed by atoms with van der Waals surface area (Å²) < 4.78 is 0. The molecule has 34 heavy (non-hydrogen) atoms. The van der Waals surface area contributed by atoms with Crippen molar-refractivity contribution >= 4 is 35.7 Å². The highest BCUT2D eigenvalue weighted by molar-refractivity contribution is 6.06. The SMILES string of the molecule is NC(N)=NCCCC1NC(=O)N(CC(=O)NC(CC(=O)O)C(=O)NCCc2ccccc2)C1=O. The summed E-state index contributed by atoms with van der Waals surface area (Å²) in [6, 6.07) is 6.39. The number of carboxylic acids is 1. The topological polar surface area (TPSA) is 209 Å². The summed E-state index contributed by atoms with van der Waals surface area (Å²) in [4.78, 5) is 65.1. The number of hydrogen-bond acceptors (Lipinski definition) is 6. The molecule has 13 heteroatoms. The quantitative estimate of drug-likeness (QED) is 0.0834. The van der Waals surface area contributed by atoms with Crippen LogP contribution in [0.25, 0.3) is 0 Å². The highest BCUT2D eigenvalue weighted by Gasteiger charge is 2.39. The third kappa shape index (κ3) is 8.41. The molecule has 0 aromatic heterocycles. The van der Waals surface area contributed by atoms with Crippen molar-refractivity contribution in [2.45, 2.75) is 37.8 Å². The predicted octanol–water partition coefficient (Wildman–Crippen LogP) is -1.72. The molecule has 1 saturated heterocycles. The average molecular weight is 476 g/mol. The van der Waals surface area contributed by atoms with Crippen LogP contribution >= 0.6 is 0 Å². The largest absolute Gasteiger partial charge is 0.481 e. The highest BCUT2D eigenvalue weighted by atomic mass is 16.4. The lowest BCUT2D eigenvalue weighted by Crippen LogP contribution is -2.51. The van der Waals surface area contributed by atoms with Gasteiger partial charge < -0.3 is 32.5 Å². The van der Waals surface area contributed by atoms with Gasteiger partial charge in [0.15, 0.2) is 5.96 Å². The van der Waals surface area contributed by atoms with Crippen molar-refractivity contribution in [3.8, 4) is 0 Å². The van der Waals surface area contributed by atoms with Gasteiger partial charge in [0.1, 0.15) is 18.6 Å². The molecule has 5 amide bonds. The zero-order valence-corrected chi connectivity index (χ0v) is 18.5. The molecule has 1 heterocycles. The number of nitrogens with two attached hydrogens (primary N) is 2. The number of benzene rings is 1. The smallest absolute Gasteiger partial charge is 0.325 e. The number of urea groups is 1. The first-order chi connectivity index (χ1) is 16.2. The standard InChI is InChI=1S/C21H29N7O6/c22-20(23)25-9-4-7-14-19(33)28(21(34)27-14)12-16(29)26-15(11-17(30)31)18(32)24-10-8-13-5-2-1-3-6-13/h1-3,5-6,14-15H,4,7-12H2,(H,24,32)(H,26,29)(H,27,34)(H,30,31)(H4,22,23,25). The predicted molar refractivity (Wildman–Crippen MR) is 121 cm³/mol. The van der Waals surface area contributed by atoms with E-state index < -0.39 is 54.8 Å². The third-order valence-electron chi connectivity index (χ3n) is 4.94. The van der Waals surface area contributed by atoms with Gasteiger partial charge in [-0.05, 0) is 24.8 Å². The van der Waals surface area contributed by atoms with Gasteiger partial charge in [-0.25, -0.2) is 4.79 Å². The zero-order chi connectivity index (χ0) is 25.1. The van der Waals surface area contributed by atoms with Crippen LogP contribution in [-0.4, -0.2) is 77.4 Å². The van der Waals surface area contributed by atoms with E-state index in [1.807, 2.05) is 30.3 Å². The van der Waals surface area contributed by atoms with Gasteiger partial charge in [0.05, 0.1) is 6.42 Å². The number of carbonyl (C=O) groups excluding carboxylic acids is 4. The van der Waals surface area contributed by atoms with E-state index >= 15 is 0 Å². The Bertz CT molecular complexity index is 933. The summed E-state index contributed by atoms with van der Waals surface area (Å²) in [5, 5.41) is 16.5. The Balaban J connectivity index is 1.87. The van der Waals surface area contributed by atoms with Gasteiger partial charge in [0.25, 0.3) is 5.91 Å². The second-order valence-corrected chi connectivity index (χ2v) is 7.62. The molecule has 184 valence electrons. The number of aliphatic imine (C=N–C) groups is 1. The second kappa shape index (κ2) is 12.8. The first-order valence-electron chi connectivity index (χ1n) is 10.7. The van der Waals surface area contributed by atoms with E-state index in [1.54, 1.807) is 0 Å². The maximum absolute atomic E-state index is 12.5. The maximum atomic E-state index is 12.5. The fourth-order valence-corrected chi connectivity index (χ4v) is 3.29. The first-order valence-corrected chi connectivity index (χ1v) is 10.7. The number of aliphatic carboxylic acids is 1. The lowest BCUT2D eigenvalue weighted by molar-refractivity contribution is -0.141. The lowest BCUT2D eigenvalue weighted by atomic mass is 10.1. The third-order valence-corrected chi connectivity index (χ3v) is 4.94. The summed E-state index contributed by atoms with van der Waals surface area (Å²) >= 11 is 0. The van der Waals surface area contributed by atoms with Crippen molar-refractivity contribution in [1.82, 2.24) is 20.9 Å². The minimum absolute atomic E-state index is 0.0832. The van der Waals surface area contributed by atoms with Crippen molar-refractivity contribution < 1.29 is 29.1 Å². The molecule has 0 aliphatic carbocycles. The molecule has 1 aromatic carbocycles. The molecule has 8 N–H and O–H groups in total. The normalized spacial score (nSPS) is 15.9. The van der Waals surface area contributed by atoms with Gasteiger partial charge in [0.2, 0.25) is 11.8 Å². The maximum Gasteiger partial charge on any atom is 0.325 e. The van der Waals surface area contributed by atoms with Crippen molar-refractivity contribution in [2.75, 3.05) is 19.6 Å². The Labute approximate surface area is 195 Å². The molecule has 2 rings (SSSR count). The van der Waals surface area contributed by atoms with Gasteiger partial charge in [-0.2, -0.15) is 0 Å². The van der Waals surface area contributed by atoms with Crippen molar-refractivity contribution in [2.24, 2.45) is 16.5 Å². The molecule has 1 aromatic rings. The van der Waals surface area contributed by atoms with Crippen molar-refractivity contribution in [3.05, 3.63) is 35.9 Å². The van der Waals surface area contributed by atoms with E-state index in [4.69, 9.17) is 16.6 Å². The van der Waals surface area contributed by atoms with Gasteiger partial charge in [-0.1, -0.05) is 30.3 Å². The molecular formula is C21H29N7O6. The number of carbonyl (C=O) groups is 5. The molecule has 2 unspecified atom stereocenters. The molecule has 1 fully saturated rings. The van der Waals surface area contributed by atoms with Crippen LogP contribution in [0.15, 0.2) is 35.3 Å². The summed E-state index contributed by atoms with van der Waals surface area (Å²) in [5.41, 5.74) is 11.4. The number of carboxylic acid groups (broad SMARTS) is 1. The molecule has 13 nitrogen and oxygen atoms in total. The number of nitrogens with one attached hydrogen (secondary N) is 3. The van der Waals surface area contributed by atoms with E-state index in [0.29, 0.717) is 17.7 Å². The highest BCUT2D eigenvalue weighted by Crippen LogP contribution is 2.11. The minimum atomic E-state index is -1.36. The van der Waals surface area contributed by atoms with E-state index in [9.17, 15) is 24.0 Å². The van der Waals surface area contributed by atoms with Crippen molar-refractivity contribution in [3.63, 3.8) is 0 Å². The summed E-state index contributed by atoms with van der Waals surface area (Å²) in [6.45, 7) is -0.134. The Morgan fingerprint density at radius 1 is 1.18 bits per heavy atom. The number of imide groups is 1. The molecule has 2 atom stereocenters. The lowest BCUT2D eigenvalue weighted by Gasteiger charge is -2.19. The number of nitrogens with zero attached hydrogens (tertiary/aromatic N) is 2. The van der Waals surface area contributed by atoms with Crippen LogP contribution in [0.5, 0.6) is 0 Å². The molecule has 1 aliphatic heterocycles. The van der Waals surface area contributed by atoms with Crippen LogP contribution in [0.1, 0.15) is 24.8 Å². The van der Waals surface area contributed by atoms with Crippen LogP contribution in [0.2, 0.25) is 0 Å². The summed E-state index contributed by atoms with van der Waals surface area (Å²) in [5.74, 6) is -3.50. The van der Waals surface area contributed by atoms with Gasteiger partial charge in [-0.3, -0.25) is 29.1 Å². The first kappa shape index (κ1) is 26.1. The zero-order valence-electron chi connectivity index (χ0n) is 18.5. The van der Waals surface area contributed by atoms with E-state index in [-0.39, 0.29) is 25.5 Å². The Hall–Kier alpha value is -4.16.